The van der Waals surface area contributed by atoms with E-state index in [1.54, 1.807) is 0 Å². The fraction of sp³-hybridized carbons (Fsp3) is 0.562. The molecule has 2 fully saturated rings. The summed E-state index contributed by atoms with van der Waals surface area (Å²) < 4.78 is 22.0. The number of alkyl halides is 1. The van der Waals surface area contributed by atoms with Crippen molar-refractivity contribution in [1.82, 2.24) is 19.5 Å². The third-order valence-electron chi connectivity index (χ3n) is 4.90. The molecule has 0 spiro atoms. The van der Waals surface area contributed by atoms with Crippen molar-refractivity contribution >= 4 is 28.6 Å². The zero-order valence-electron chi connectivity index (χ0n) is 13.9. The Hall–Kier alpha value is -1.99. The van der Waals surface area contributed by atoms with E-state index in [9.17, 15) is 10.2 Å². The minimum atomic E-state index is -2.55. The average molecular weight is 382 g/mol. The van der Waals surface area contributed by atoms with E-state index in [4.69, 9.17) is 22.8 Å². The number of rotatable bonds is 4. The lowest BCUT2D eigenvalue weighted by atomic mass is 9.97. The normalized spacial score (nSPS) is 31.3. The molecule has 4 rings (SSSR count). The predicted molar refractivity (Wildman–Crippen MR) is 91.4 cm³/mol. The van der Waals surface area contributed by atoms with Gasteiger partial charge >= 0.3 is 0 Å². The van der Waals surface area contributed by atoms with Gasteiger partial charge in [-0.1, -0.05) is 5.92 Å². The lowest BCUT2D eigenvalue weighted by molar-refractivity contribution is -0.0504. The number of anilines is 1. The molecule has 26 heavy (non-hydrogen) atoms. The molecule has 1 saturated heterocycles. The first kappa shape index (κ1) is 17.4. The van der Waals surface area contributed by atoms with Gasteiger partial charge in [0, 0.05) is 13.1 Å². The molecule has 0 amide bonds. The zero-order chi connectivity index (χ0) is 18.6. The second-order valence-corrected chi connectivity index (χ2v) is 6.89. The highest BCUT2D eigenvalue weighted by atomic mass is 35.5. The van der Waals surface area contributed by atoms with Crippen LogP contribution < -0.4 is 4.90 Å². The molecule has 0 bridgehead atoms. The van der Waals surface area contributed by atoms with Crippen LogP contribution in [-0.4, -0.2) is 67.3 Å². The van der Waals surface area contributed by atoms with Crippen molar-refractivity contribution in [3.05, 3.63) is 11.6 Å². The maximum absolute atomic E-state index is 15.3. The molecule has 1 aliphatic carbocycles. The number of hydrogen-bond acceptors (Lipinski definition) is 7. The van der Waals surface area contributed by atoms with Gasteiger partial charge in [0.05, 0.1) is 12.9 Å². The van der Waals surface area contributed by atoms with Gasteiger partial charge < -0.3 is 19.8 Å². The second kappa shape index (κ2) is 6.03. The fourth-order valence-electron chi connectivity index (χ4n) is 3.25. The zero-order valence-corrected chi connectivity index (χ0v) is 14.6. The highest BCUT2D eigenvalue weighted by Crippen LogP contribution is 2.43. The Morgan fingerprint density at radius 2 is 2.27 bits per heavy atom. The predicted octanol–water partition coefficient (Wildman–Crippen LogP) is 0.670. The minimum absolute atomic E-state index is 0.0239. The van der Waals surface area contributed by atoms with E-state index in [2.05, 4.69) is 15.0 Å². The van der Waals surface area contributed by atoms with Crippen molar-refractivity contribution in [2.75, 3.05) is 18.6 Å². The van der Waals surface area contributed by atoms with Crippen LogP contribution in [0.4, 0.5) is 10.2 Å². The largest absolute Gasteiger partial charge is 0.394 e. The van der Waals surface area contributed by atoms with Crippen molar-refractivity contribution in [2.24, 2.45) is 0 Å². The number of fused-ring (bicyclic) bond motifs is 1. The van der Waals surface area contributed by atoms with E-state index in [1.165, 1.54) is 10.9 Å². The van der Waals surface area contributed by atoms with Crippen molar-refractivity contribution in [2.45, 2.75) is 43.0 Å². The Bertz CT molecular complexity index is 898. The molecule has 2 aromatic heterocycles. The third kappa shape index (κ3) is 2.45. The molecule has 2 N–H and O–H groups in total. The van der Waals surface area contributed by atoms with Crippen LogP contribution in [0.2, 0.25) is 5.28 Å². The van der Waals surface area contributed by atoms with Gasteiger partial charge in [-0.3, -0.25) is 4.57 Å². The molecule has 8 nitrogen and oxygen atoms in total. The number of aromatic nitrogens is 4. The lowest BCUT2D eigenvalue weighted by Crippen LogP contribution is -2.42. The van der Waals surface area contributed by atoms with Crippen LogP contribution in [0.25, 0.3) is 11.2 Å². The average Bonchev–Trinajstić information content (AvgIpc) is 3.36. The summed E-state index contributed by atoms with van der Waals surface area (Å²) in [5.41, 5.74) is -1.89. The maximum Gasteiger partial charge on any atom is 0.243 e. The van der Waals surface area contributed by atoms with E-state index in [1.807, 2.05) is 17.9 Å². The highest BCUT2D eigenvalue weighted by Gasteiger charge is 2.57. The maximum atomic E-state index is 15.3. The van der Waals surface area contributed by atoms with Crippen LogP contribution >= 0.6 is 11.6 Å². The molecule has 0 aromatic carbocycles. The Labute approximate surface area is 153 Å². The molecule has 2 aromatic rings. The number of aliphatic hydroxyl groups is 2. The number of halogens is 2. The number of ether oxygens (including phenoxy) is 1. The topological polar surface area (TPSA) is 96.5 Å². The standard InChI is InChI=1S/C16H17ClFN5O3/c1-3-16(18)11(25)9(6-24)26-14(16)23-7-19-10-12(22(2)8-4-5-8)20-15(17)21-13(10)23/h1,7-9,11,14,24-25H,4-6H2,2H3/t9-,11-,14-,16-/m1/s1. The summed E-state index contributed by atoms with van der Waals surface area (Å²) in [4.78, 5) is 14.6. The summed E-state index contributed by atoms with van der Waals surface area (Å²) >= 11 is 6.06. The highest BCUT2D eigenvalue weighted by molar-refractivity contribution is 6.28. The molecule has 1 saturated carbocycles. The van der Waals surface area contributed by atoms with Crippen LogP contribution in [0, 0.1) is 12.3 Å². The van der Waals surface area contributed by atoms with Crippen molar-refractivity contribution in [3.63, 3.8) is 0 Å². The van der Waals surface area contributed by atoms with E-state index in [0.717, 1.165) is 12.8 Å². The molecular formula is C16H17ClFN5O3. The van der Waals surface area contributed by atoms with E-state index in [-0.39, 0.29) is 10.9 Å². The lowest BCUT2D eigenvalue weighted by Gasteiger charge is -2.24. The molecule has 10 heteroatoms. The SMILES string of the molecule is C#C[C@@]1(F)[C@H](O)[C@@H](CO)O[C@H]1n1cnc2c(N(C)C3CC3)nc(Cl)nc21. The number of aliphatic hydroxyl groups excluding tert-OH is 2. The molecule has 3 heterocycles. The van der Waals surface area contributed by atoms with E-state index in [0.29, 0.717) is 17.4 Å². The molecule has 0 radical (unpaired) electrons. The number of nitrogens with zero attached hydrogens (tertiary/aromatic N) is 5. The quantitative estimate of drug-likeness (QED) is 0.593. The first-order valence-corrected chi connectivity index (χ1v) is 8.52. The Kier molecular flexibility index (Phi) is 4.04. The van der Waals surface area contributed by atoms with Crippen LogP contribution in [0.1, 0.15) is 19.1 Å². The summed E-state index contributed by atoms with van der Waals surface area (Å²) in [6.07, 6.45) is 4.47. The number of imidazole rings is 1. The van der Waals surface area contributed by atoms with Gasteiger partial charge in [0.1, 0.15) is 12.2 Å². The number of terminal acetylenes is 1. The van der Waals surface area contributed by atoms with E-state index < -0.39 is 30.7 Å². The molecule has 138 valence electrons. The van der Waals surface area contributed by atoms with Gasteiger partial charge in [0.2, 0.25) is 11.0 Å². The Morgan fingerprint density at radius 1 is 1.54 bits per heavy atom. The van der Waals surface area contributed by atoms with Gasteiger partial charge in [0.15, 0.2) is 23.2 Å². The third-order valence-corrected chi connectivity index (χ3v) is 5.07. The summed E-state index contributed by atoms with van der Waals surface area (Å²) in [6, 6.07) is 0.351. The Morgan fingerprint density at radius 3 is 2.88 bits per heavy atom. The van der Waals surface area contributed by atoms with Gasteiger partial charge in [-0.05, 0) is 24.4 Å². The van der Waals surface area contributed by atoms with Gasteiger partial charge in [-0.15, -0.1) is 6.42 Å². The molecule has 0 unspecified atom stereocenters. The van der Waals surface area contributed by atoms with Gasteiger partial charge in [0.25, 0.3) is 0 Å². The first-order chi connectivity index (χ1) is 12.4. The van der Waals surface area contributed by atoms with Crippen LogP contribution in [0.5, 0.6) is 0 Å². The summed E-state index contributed by atoms with van der Waals surface area (Å²) in [7, 11) is 1.88. The van der Waals surface area contributed by atoms with Crippen LogP contribution in [0.3, 0.4) is 0 Å². The summed E-state index contributed by atoms with van der Waals surface area (Å²) in [5.74, 6) is 2.48. The number of hydrogen-bond donors (Lipinski definition) is 2. The van der Waals surface area contributed by atoms with Gasteiger partial charge in [-0.2, -0.15) is 9.97 Å². The smallest absolute Gasteiger partial charge is 0.243 e. The second-order valence-electron chi connectivity index (χ2n) is 6.55. The molecular weight excluding hydrogens is 365 g/mol. The van der Waals surface area contributed by atoms with Crippen molar-refractivity contribution < 1.29 is 19.3 Å². The van der Waals surface area contributed by atoms with Gasteiger partial charge in [-0.25, -0.2) is 9.37 Å². The van der Waals surface area contributed by atoms with E-state index >= 15 is 4.39 Å². The molecule has 2 aliphatic rings. The Balaban J connectivity index is 1.84. The van der Waals surface area contributed by atoms with Crippen LogP contribution in [-0.2, 0) is 4.74 Å². The fourth-order valence-corrected chi connectivity index (χ4v) is 3.41. The summed E-state index contributed by atoms with van der Waals surface area (Å²) in [6.45, 7) is -0.580. The van der Waals surface area contributed by atoms with Crippen molar-refractivity contribution in [1.29, 1.82) is 0 Å². The van der Waals surface area contributed by atoms with Crippen molar-refractivity contribution in [3.8, 4) is 12.3 Å². The first-order valence-electron chi connectivity index (χ1n) is 8.14. The van der Waals surface area contributed by atoms with Crippen LogP contribution in [0.15, 0.2) is 6.33 Å². The molecule has 1 aliphatic heterocycles. The monoisotopic (exact) mass is 381 g/mol. The minimum Gasteiger partial charge on any atom is -0.394 e. The summed E-state index contributed by atoms with van der Waals surface area (Å²) in [5, 5.41) is 19.4. The molecule has 4 atom stereocenters.